The molecule has 0 unspecified atom stereocenters. The highest BCUT2D eigenvalue weighted by Crippen LogP contribution is 2.47. The van der Waals surface area contributed by atoms with Crippen LogP contribution in [-0.2, 0) is 20.8 Å². The van der Waals surface area contributed by atoms with Gasteiger partial charge in [-0.15, -0.1) is 4.28 Å². The highest BCUT2D eigenvalue weighted by molar-refractivity contribution is 7.86. The standard InChI is InChI=1S/C21H27N5O6S/c1-25(2)6-8-30-16-10-15(14-9-13-5-4-7-31-21(13)23-11-14)19-18(17(16)20(22)27)24-12-26(19)32-33(3,28)29/h9-11,24H,4-8,12H2,1-3H3,(H2,22,27). The molecule has 12 heteroatoms. The molecule has 0 fully saturated rings. The maximum atomic E-state index is 12.4. The van der Waals surface area contributed by atoms with Crippen LogP contribution in [0.2, 0.25) is 0 Å². The second-order valence-corrected chi connectivity index (χ2v) is 9.73. The van der Waals surface area contributed by atoms with E-state index in [1.807, 2.05) is 25.1 Å². The summed E-state index contributed by atoms with van der Waals surface area (Å²) < 4.78 is 40.5. The lowest BCUT2D eigenvalue weighted by Crippen LogP contribution is -2.26. The third-order valence-corrected chi connectivity index (χ3v) is 5.70. The number of aryl methyl sites for hydroxylation is 1. The van der Waals surface area contributed by atoms with Gasteiger partial charge in [0.25, 0.3) is 16.0 Å². The van der Waals surface area contributed by atoms with E-state index in [9.17, 15) is 13.2 Å². The minimum Gasteiger partial charge on any atom is -0.491 e. The largest absolute Gasteiger partial charge is 0.491 e. The van der Waals surface area contributed by atoms with Crippen molar-refractivity contribution in [3.05, 3.63) is 29.5 Å². The molecule has 0 atom stereocenters. The minimum absolute atomic E-state index is 0.00167. The van der Waals surface area contributed by atoms with E-state index in [1.165, 1.54) is 5.06 Å². The number of likely N-dealkylation sites (N-methyl/N-ethyl adjacent to an activating group) is 1. The smallest absolute Gasteiger partial charge is 0.285 e. The fraction of sp³-hybridized carbons (Fsp3) is 0.429. The third kappa shape index (κ3) is 4.97. The maximum Gasteiger partial charge on any atom is 0.285 e. The fourth-order valence-electron chi connectivity index (χ4n) is 3.84. The number of nitrogens with one attached hydrogen (secondary N) is 1. The van der Waals surface area contributed by atoms with Gasteiger partial charge in [-0.25, -0.2) is 10.0 Å². The number of amides is 1. The monoisotopic (exact) mass is 477 g/mol. The number of primary amides is 1. The first kappa shape index (κ1) is 23.1. The van der Waals surface area contributed by atoms with E-state index < -0.39 is 16.0 Å². The number of hydroxylamine groups is 1. The van der Waals surface area contributed by atoms with Crippen LogP contribution in [0, 0.1) is 0 Å². The van der Waals surface area contributed by atoms with Crippen LogP contribution in [0.4, 0.5) is 11.4 Å². The van der Waals surface area contributed by atoms with Gasteiger partial charge in [-0.2, -0.15) is 8.42 Å². The first-order valence-corrected chi connectivity index (χ1v) is 12.3. The summed E-state index contributed by atoms with van der Waals surface area (Å²) in [6.07, 6.45) is 4.28. The molecule has 4 rings (SSSR count). The molecule has 11 nitrogen and oxygen atoms in total. The second kappa shape index (κ2) is 9.04. The Labute approximate surface area is 192 Å². The number of anilines is 2. The van der Waals surface area contributed by atoms with Gasteiger partial charge in [-0.3, -0.25) is 4.79 Å². The molecule has 0 bridgehead atoms. The molecule has 0 saturated heterocycles. The average Bonchev–Trinajstić information content (AvgIpc) is 3.13. The van der Waals surface area contributed by atoms with Crippen LogP contribution in [0.3, 0.4) is 0 Å². The molecule has 2 aliphatic rings. The lowest BCUT2D eigenvalue weighted by molar-refractivity contribution is 0.0997. The van der Waals surface area contributed by atoms with Gasteiger partial charge in [0.2, 0.25) is 5.88 Å². The molecule has 2 aliphatic heterocycles. The van der Waals surface area contributed by atoms with E-state index in [-0.39, 0.29) is 12.2 Å². The Kier molecular flexibility index (Phi) is 6.32. The Morgan fingerprint density at radius 3 is 2.85 bits per heavy atom. The van der Waals surface area contributed by atoms with Crippen LogP contribution >= 0.6 is 0 Å². The number of pyridine rings is 1. The number of carbonyl (C=O) groups excluding carboxylic acids is 1. The Hall–Kier alpha value is -3.09. The van der Waals surface area contributed by atoms with Gasteiger partial charge in [0.05, 0.1) is 24.2 Å². The predicted octanol–water partition coefficient (Wildman–Crippen LogP) is 1.19. The number of nitrogens with two attached hydrogens (primary N) is 1. The molecule has 0 saturated carbocycles. The molecular formula is C21H27N5O6S. The molecule has 0 aliphatic carbocycles. The number of hydrogen-bond donors (Lipinski definition) is 2. The van der Waals surface area contributed by atoms with Gasteiger partial charge in [0.15, 0.2) is 0 Å². The number of carbonyl (C=O) groups is 1. The van der Waals surface area contributed by atoms with E-state index in [0.717, 1.165) is 24.7 Å². The topological polar surface area (TPSA) is 136 Å². The zero-order valence-corrected chi connectivity index (χ0v) is 19.6. The summed E-state index contributed by atoms with van der Waals surface area (Å²) in [6.45, 7) is 1.56. The van der Waals surface area contributed by atoms with Gasteiger partial charge < -0.3 is 25.4 Å². The summed E-state index contributed by atoms with van der Waals surface area (Å²) in [6, 6.07) is 3.62. The molecule has 178 valence electrons. The first-order chi connectivity index (χ1) is 15.6. The van der Waals surface area contributed by atoms with Crippen LogP contribution in [0.5, 0.6) is 11.6 Å². The normalized spacial score (nSPS) is 15.0. The molecule has 0 spiro atoms. The van der Waals surface area contributed by atoms with Gasteiger partial charge in [0, 0.05) is 29.4 Å². The molecule has 0 radical (unpaired) electrons. The Morgan fingerprint density at radius 2 is 2.15 bits per heavy atom. The second-order valence-electron chi connectivity index (χ2n) is 8.17. The summed E-state index contributed by atoms with van der Waals surface area (Å²) in [5.41, 5.74) is 8.77. The molecule has 3 heterocycles. The Balaban J connectivity index is 1.88. The van der Waals surface area contributed by atoms with Crippen molar-refractivity contribution in [2.45, 2.75) is 12.8 Å². The molecular weight excluding hydrogens is 450 g/mol. The lowest BCUT2D eigenvalue weighted by atomic mass is 9.97. The van der Waals surface area contributed by atoms with Crippen LogP contribution in [0.15, 0.2) is 18.3 Å². The molecule has 1 aromatic carbocycles. The van der Waals surface area contributed by atoms with Crippen molar-refractivity contribution in [3.8, 4) is 22.8 Å². The van der Waals surface area contributed by atoms with E-state index >= 15 is 0 Å². The van der Waals surface area contributed by atoms with Gasteiger partial charge >= 0.3 is 0 Å². The summed E-state index contributed by atoms with van der Waals surface area (Å²) in [4.78, 5) is 18.8. The van der Waals surface area contributed by atoms with Crippen molar-refractivity contribution in [3.63, 3.8) is 0 Å². The van der Waals surface area contributed by atoms with Crippen LogP contribution < -0.4 is 25.6 Å². The lowest BCUT2D eigenvalue weighted by Gasteiger charge is -2.22. The average molecular weight is 478 g/mol. The van der Waals surface area contributed by atoms with Crippen LogP contribution in [0.1, 0.15) is 22.3 Å². The van der Waals surface area contributed by atoms with Crippen LogP contribution in [0.25, 0.3) is 11.1 Å². The van der Waals surface area contributed by atoms with E-state index in [1.54, 1.807) is 12.3 Å². The zero-order chi connectivity index (χ0) is 23.8. The number of nitrogens with zero attached hydrogens (tertiary/aromatic N) is 3. The summed E-state index contributed by atoms with van der Waals surface area (Å²) in [5.74, 6) is 0.171. The van der Waals surface area contributed by atoms with Crippen LogP contribution in [-0.4, -0.2) is 71.0 Å². The molecule has 2 aromatic rings. The summed E-state index contributed by atoms with van der Waals surface area (Å²) in [7, 11) is -0.00915. The molecule has 1 amide bonds. The summed E-state index contributed by atoms with van der Waals surface area (Å²) in [5, 5.41) is 4.22. The zero-order valence-electron chi connectivity index (χ0n) is 18.8. The number of fused-ring (bicyclic) bond motifs is 2. The van der Waals surface area contributed by atoms with E-state index in [0.29, 0.717) is 53.9 Å². The van der Waals surface area contributed by atoms with E-state index in [4.69, 9.17) is 19.5 Å². The highest BCUT2D eigenvalue weighted by atomic mass is 32.2. The quantitative estimate of drug-likeness (QED) is 0.570. The number of benzene rings is 1. The van der Waals surface area contributed by atoms with Crippen molar-refractivity contribution in [2.75, 3.05) is 57.2 Å². The maximum absolute atomic E-state index is 12.4. The van der Waals surface area contributed by atoms with Crippen molar-refractivity contribution in [1.82, 2.24) is 9.88 Å². The Morgan fingerprint density at radius 1 is 1.36 bits per heavy atom. The third-order valence-electron chi connectivity index (χ3n) is 5.25. The summed E-state index contributed by atoms with van der Waals surface area (Å²) >= 11 is 0. The molecule has 3 N–H and O–H groups in total. The number of hydrogen-bond acceptors (Lipinski definition) is 10. The number of aromatic nitrogens is 1. The number of ether oxygens (including phenoxy) is 2. The van der Waals surface area contributed by atoms with Crippen molar-refractivity contribution >= 4 is 27.4 Å². The molecule has 33 heavy (non-hydrogen) atoms. The minimum atomic E-state index is -3.83. The van der Waals surface area contributed by atoms with Gasteiger partial charge in [0.1, 0.15) is 24.6 Å². The predicted molar refractivity (Wildman–Crippen MR) is 123 cm³/mol. The highest BCUT2D eigenvalue weighted by Gasteiger charge is 2.33. The van der Waals surface area contributed by atoms with Crippen molar-refractivity contribution in [2.24, 2.45) is 5.73 Å². The SMILES string of the molecule is CN(C)CCOc1cc(-c2cnc3c(c2)CCCO3)c2c(c1C(N)=O)NCN2OS(C)(=O)=O. The van der Waals surface area contributed by atoms with Crippen molar-refractivity contribution < 1.29 is 27.0 Å². The number of rotatable bonds is 8. The van der Waals surface area contributed by atoms with Gasteiger partial charge in [-0.05, 0) is 39.1 Å². The first-order valence-electron chi connectivity index (χ1n) is 10.5. The van der Waals surface area contributed by atoms with Crippen molar-refractivity contribution in [1.29, 1.82) is 0 Å². The van der Waals surface area contributed by atoms with E-state index in [2.05, 4.69) is 10.3 Å². The van der Waals surface area contributed by atoms with Gasteiger partial charge in [-0.1, -0.05) is 0 Å². The molecule has 1 aromatic heterocycles. The fourth-order valence-corrected chi connectivity index (χ4v) is 4.29. The Bertz CT molecular complexity index is 1180.